The van der Waals surface area contributed by atoms with Crippen molar-refractivity contribution in [1.29, 1.82) is 0 Å². The molecule has 166 valence electrons. The highest BCUT2D eigenvalue weighted by molar-refractivity contribution is 14.0. The molecule has 2 saturated heterocycles. The number of hydrogen-bond acceptors (Lipinski definition) is 4. The number of guanidine groups is 1. The summed E-state index contributed by atoms with van der Waals surface area (Å²) in [5, 5.41) is 10.7. The van der Waals surface area contributed by atoms with Gasteiger partial charge in [-0.25, -0.2) is 0 Å². The van der Waals surface area contributed by atoms with Crippen LogP contribution in [0, 0.1) is 0 Å². The first-order valence-corrected chi connectivity index (χ1v) is 12.3. The van der Waals surface area contributed by atoms with Gasteiger partial charge in [0.15, 0.2) is 5.96 Å². The molecule has 0 aromatic carbocycles. The third-order valence-electron chi connectivity index (χ3n) is 5.85. The standard InChI is InChI=1S/C22H39N5S.HI/c1-2-23-22(24-13-5-3-6-14-26-15-7-4-8-16-26)25-20-11-17-27(18-12-20)21-10-9-19-28-21;/h9-10,19-20H,2-8,11-18H2,1H3,(H2,23,24,25);1H. The molecule has 7 heteroatoms. The van der Waals surface area contributed by atoms with E-state index in [-0.39, 0.29) is 24.0 Å². The summed E-state index contributed by atoms with van der Waals surface area (Å²) in [5.41, 5.74) is 0. The number of nitrogens with zero attached hydrogens (tertiary/aromatic N) is 3. The third kappa shape index (κ3) is 9.00. The molecule has 2 aliphatic heterocycles. The molecule has 0 aliphatic carbocycles. The van der Waals surface area contributed by atoms with Crippen molar-refractivity contribution in [2.45, 2.75) is 64.3 Å². The van der Waals surface area contributed by atoms with Gasteiger partial charge in [0.1, 0.15) is 0 Å². The van der Waals surface area contributed by atoms with E-state index in [1.54, 1.807) is 0 Å². The first kappa shape index (κ1) is 24.7. The lowest BCUT2D eigenvalue weighted by molar-refractivity contribution is 0.224. The summed E-state index contributed by atoms with van der Waals surface area (Å²) in [6.07, 6.45) is 10.4. The lowest BCUT2D eigenvalue weighted by Crippen LogP contribution is -2.48. The Morgan fingerprint density at radius 2 is 1.90 bits per heavy atom. The molecule has 0 atom stereocenters. The maximum atomic E-state index is 4.83. The summed E-state index contributed by atoms with van der Waals surface area (Å²) in [5.74, 6) is 1.01. The molecule has 0 unspecified atom stereocenters. The van der Waals surface area contributed by atoms with Crippen LogP contribution in [-0.4, -0.2) is 62.7 Å². The Kier molecular flexibility index (Phi) is 12.3. The van der Waals surface area contributed by atoms with Crippen molar-refractivity contribution in [3.05, 3.63) is 17.5 Å². The molecular formula is C22H40IN5S. The monoisotopic (exact) mass is 533 g/mol. The summed E-state index contributed by atoms with van der Waals surface area (Å²) in [7, 11) is 0. The molecule has 5 nitrogen and oxygen atoms in total. The number of hydrogen-bond donors (Lipinski definition) is 2. The minimum Gasteiger partial charge on any atom is -0.363 e. The molecule has 3 heterocycles. The molecule has 0 spiro atoms. The number of thiophene rings is 1. The van der Waals surface area contributed by atoms with E-state index in [9.17, 15) is 0 Å². The van der Waals surface area contributed by atoms with E-state index >= 15 is 0 Å². The molecule has 0 bridgehead atoms. The predicted octanol–water partition coefficient (Wildman–Crippen LogP) is 4.55. The van der Waals surface area contributed by atoms with Crippen LogP contribution >= 0.6 is 35.3 Å². The van der Waals surface area contributed by atoms with Gasteiger partial charge in [0.05, 0.1) is 5.00 Å². The zero-order chi connectivity index (χ0) is 19.4. The lowest BCUT2D eigenvalue weighted by atomic mass is 10.1. The molecule has 1 aromatic rings. The molecule has 0 amide bonds. The smallest absolute Gasteiger partial charge is 0.191 e. The molecule has 3 rings (SSSR count). The Morgan fingerprint density at radius 1 is 1.10 bits per heavy atom. The average molecular weight is 534 g/mol. The number of halogens is 1. The highest BCUT2D eigenvalue weighted by Crippen LogP contribution is 2.24. The van der Waals surface area contributed by atoms with Crippen LogP contribution in [0.4, 0.5) is 5.00 Å². The van der Waals surface area contributed by atoms with Gasteiger partial charge in [-0.1, -0.05) is 12.8 Å². The minimum absolute atomic E-state index is 0. The number of rotatable bonds is 9. The fraction of sp³-hybridized carbons (Fsp3) is 0.773. The normalized spacial score (nSPS) is 19.1. The second-order valence-electron chi connectivity index (χ2n) is 8.08. The van der Waals surface area contributed by atoms with Crippen LogP contribution in [0.5, 0.6) is 0 Å². The van der Waals surface area contributed by atoms with Crippen LogP contribution in [0.1, 0.15) is 58.3 Å². The number of nitrogens with one attached hydrogen (secondary N) is 2. The van der Waals surface area contributed by atoms with Gasteiger partial charge in [0.2, 0.25) is 0 Å². The molecule has 2 aliphatic rings. The Labute approximate surface area is 198 Å². The van der Waals surface area contributed by atoms with Crippen molar-refractivity contribution in [3.63, 3.8) is 0 Å². The summed E-state index contributed by atoms with van der Waals surface area (Å²) in [6.45, 7) is 10.2. The summed E-state index contributed by atoms with van der Waals surface area (Å²) < 4.78 is 0. The molecule has 0 saturated carbocycles. The van der Waals surface area contributed by atoms with Crippen LogP contribution in [0.15, 0.2) is 22.5 Å². The van der Waals surface area contributed by atoms with E-state index in [0.29, 0.717) is 6.04 Å². The maximum Gasteiger partial charge on any atom is 0.191 e. The Hall–Kier alpha value is -0.540. The van der Waals surface area contributed by atoms with Crippen molar-refractivity contribution in [2.75, 3.05) is 50.7 Å². The van der Waals surface area contributed by atoms with Gasteiger partial charge in [-0.2, -0.15) is 0 Å². The van der Waals surface area contributed by atoms with E-state index in [2.05, 4.69) is 44.9 Å². The van der Waals surface area contributed by atoms with Crippen LogP contribution in [0.25, 0.3) is 0 Å². The zero-order valence-electron chi connectivity index (χ0n) is 18.1. The minimum atomic E-state index is 0. The highest BCUT2D eigenvalue weighted by Gasteiger charge is 2.20. The van der Waals surface area contributed by atoms with Crippen molar-refractivity contribution in [1.82, 2.24) is 15.5 Å². The number of anilines is 1. The Bertz CT molecular complexity index is 552. The van der Waals surface area contributed by atoms with Crippen molar-refractivity contribution >= 4 is 46.3 Å². The first-order chi connectivity index (χ1) is 13.8. The summed E-state index contributed by atoms with van der Waals surface area (Å²) in [6, 6.07) is 4.91. The number of unbranched alkanes of at least 4 members (excludes halogenated alkanes) is 2. The van der Waals surface area contributed by atoms with E-state index in [0.717, 1.165) is 32.1 Å². The van der Waals surface area contributed by atoms with Crippen molar-refractivity contribution in [2.24, 2.45) is 4.99 Å². The van der Waals surface area contributed by atoms with Gasteiger partial charge < -0.3 is 20.4 Å². The topological polar surface area (TPSA) is 42.9 Å². The molecule has 29 heavy (non-hydrogen) atoms. The molecule has 2 N–H and O–H groups in total. The van der Waals surface area contributed by atoms with E-state index in [1.807, 2.05) is 11.3 Å². The molecule has 0 radical (unpaired) electrons. The third-order valence-corrected chi connectivity index (χ3v) is 6.78. The lowest BCUT2D eigenvalue weighted by Gasteiger charge is -2.33. The number of piperidine rings is 2. The second kappa shape index (κ2) is 14.5. The average Bonchev–Trinajstić information content (AvgIpc) is 3.27. The van der Waals surface area contributed by atoms with E-state index in [1.165, 1.54) is 76.0 Å². The van der Waals surface area contributed by atoms with Crippen LogP contribution in [-0.2, 0) is 0 Å². The van der Waals surface area contributed by atoms with E-state index in [4.69, 9.17) is 4.99 Å². The molecule has 1 aromatic heterocycles. The highest BCUT2D eigenvalue weighted by atomic mass is 127. The van der Waals surface area contributed by atoms with Gasteiger partial charge in [-0.15, -0.1) is 35.3 Å². The van der Waals surface area contributed by atoms with Crippen LogP contribution in [0.3, 0.4) is 0 Å². The van der Waals surface area contributed by atoms with E-state index < -0.39 is 0 Å². The first-order valence-electron chi connectivity index (χ1n) is 11.4. The quantitative estimate of drug-likeness (QED) is 0.212. The summed E-state index contributed by atoms with van der Waals surface area (Å²) >= 11 is 1.85. The fourth-order valence-corrected chi connectivity index (χ4v) is 4.99. The van der Waals surface area contributed by atoms with Gasteiger partial charge >= 0.3 is 0 Å². The van der Waals surface area contributed by atoms with Gasteiger partial charge in [0, 0.05) is 32.2 Å². The number of aliphatic imine (C=N–C) groups is 1. The summed E-state index contributed by atoms with van der Waals surface area (Å²) in [4.78, 5) is 9.98. The van der Waals surface area contributed by atoms with Gasteiger partial charge in [-0.3, -0.25) is 4.99 Å². The van der Waals surface area contributed by atoms with Crippen LogP contribution < -0.4 is 15.5 Å². The van der Waals surface area contributed by atoms with Gasteiger partial charge in [-0.05, 0) is 82.6 Å². The second-order valence-corrected chi connectivity index (χ2v) is 9.01. The van der Waals surface area contributed by atoms with Gasteiger partial charge in [0.25, 0.3) is 0 Å². The zero-order valence-corrected chi connectivity index (χ0v) is 21.2. The molecular weight excluding hydrogens is 493 g/mol. The van der Waals surface area contributed by atoms with Crippen molar-refractivity contribution in [3.8, 4) is 0 Å². The van der Waals surface area contributed by atoms with Crippen LogP contribution in [0.2, 0.25) is 0 Å². The number of likely N-dealkylation sites (tertiary alicyclic amines) is 1. The fourth-order valence-electron chi connectivity index (χ4n) is 4.21. The Morgan fingerprint density at radius 3 is 2.59 bits per heavy atom. The molecule has 2 fully saturated rings. The predicted molar refractivity (Wildman–Crippen MR) is 138 cm³/mol. The van der Waals surface area contributed by atoms with Crippen molar-refractivity contribution < 1.29 is 0 Å². The maximum absolute atomic E-state index is 4.83. The largest absolute Gasteiger partial charge is 0.363 e. The SMILES string of the molecule is CCNC(=NCCCCCN1CCCCC1)NC1CCN(c2cccs2)CC1.I. The Balaban J connectivity index is 0.00000300.